The Morgan fingerprint density at radius 1 is 1.03 bits per heavy atom. The van der Waals surface area contributed by atoms with E-state index in [4.69, 9.17) is 11.6 Å². The summed E-state index contributed by atoms with van der Waals surface area (Å²) < 4.78 is 51.3. The Kier molecular flexibility index (Phi) is 6.57. The van der Waals surface area contributed by atoms with E-state index in [0.717, 1.165) is 43.7 Å². The van der Waals surface area contributed by atoms with Crippen LogP contribution >= 0.6 is 11.6 Å². The first-order valence-corrected chi connectivity index (χ1v) is 12.1. The number of nitrogens with one attached hydrogen (secondary N) is 2. The third-order valence-electron chi connectivity index (χ3n) is 4.43. The number of nitrogens with zero attached hydrogens (tertiary/aromatic N) is 3. The molecule has 0 saturated carbocycles. The van der Waals surface area contributed by atoms with Crippen LogP contribution in [0.5, 0.6) is 0 Å². The molecule has 30 heavy (non-hydrogen) atoms. The molecule has 2 aromatic rings. The first-order valence-electron chi connectivity index (χ1n) is 8.79. The number of nitro groups is 1. The van der Waals surface area contributed by atoms with Gasteiger partial charge in [0, 0.05) is 25.4 Å². The molecule has 2 N–H and O–H groups in total. The second-order valence-electron chi connectivity index (χ2n) is 6.44. The molecular formula is C16H18ClN5O6S2. The van der Waals surface area contributed by atoms with Crippen LogP contribution in [0.4, 0.5) is 11.5 Å². The lowest BCUT2D eigenvalue weighted by atomic mass is 10.2. The molecule has 0 bridgehead atoms. The van der Waals surface area contributed by atoms with Gasteiger partial charge in [-0.25, -0.2) is 21.8 Å². The van der Waals surface area contributed by atoms with E-state index >= 15 is 0 Å². The van der Waals surface area contributed by atoms with Crippen LogP contribution in [0, 0.1) is 10.1 Å². The SMILES string of the molecule is O=[N+]([O-])c1cc(S(=O)(=O)NNc2ccc(S(=O)(=O)N3CCCCC3)cn2)ccc1Cl. The summed E-state index contributed by atoms with van der Waals surface area (Å²) in [6.07, 6.45) is 3.73. The highest BCUT2D eigenvalue weighted by molar-refractivity contribution is 7.89. The van der Waals surface area contributed by atoms with Crippen LogP contribution in [0.25, 0.3) is 0 Å². The van der Waals surface area contributed by atoms with Gasteiger partial charge in [-0.15, -0.1) is 4.83 Å². The number of hydrogen-bond acceptors (Lipinski definition) is 8. The fraction of sp³-hybridized carbons (Fsp3) is 0.312. The average molecular weight is 476 g/mol. The highest BCUT2D eigenvalue weighted by atomic mass is 35.5. The van der Waals surface area contributed by atoms with Gasteiger partial charge >= 0.3 is 0 Å². The molecule has 162 valence electrons. The van der Waals surface area contributed by atoms with Crippen LogP contribution in [0.2, 0.25) is 5.02 Å². The van der Waals surface area contributed by atoms with Crippen molar-refractivity contribution >= 4 is 43.2 Å². The van der Waals surface area contributed by atoms with E-state index in [1.54, 1.807) is 0 Å². The summed E-state index contributed by atoms with van der Waals surface area (Å²) in [5.74, 6) is 0.0413. The Bertz CT molecular complexity index is 1150. The molecule has 1 aromatic heterocycles. The van der Waals surface area contributed by atoms with Gasteiger partial charge in [-0.1, -0.05) is 18.0 Å². The third-order valence-corrected chi connectivity index (χ3v) is 7.87. The molecule has 0 spiro atoms. The number of nitro benzene ring substituents is 1. The topological polar surface area (TPSA) is 152 Å². The fourth-order valence-electron chi connectivity index (χ4n) is 2.84. The molecule has 1 aromatic carbocycles. The number of sulfonamides is 2. The molecule has 0 radical (unpaired) electrons. The van der Waals surface area contributed by atoms with Crippen molar-refractivity contribution in [2.75, 3.05) is 18.5 Å². The maximum Gasteiger partial charge on any atom is 0.289 e. The van der Waals surface area contributed by atoms with Crippen LogP contribution in [0.15, 0.2) is 46.3 Å². The number of benzene rings is 1. The molecule has 1 aliphatic rings. The molecule has 11 nitrogen and oxygen atoms in total. The molecule has 2 heterocycles. The van der Waals surface area contributed by atoms with E-state index in [9.17, 15) is 26.9 Å². The van der Waals surface area contributed by atoms with E-state index in [1.807, 2.05) is 4.83 Å². The lowest BCUT2D eigenvalue weighted by Gasteiger charge is -2.25. The number of hydrazine groups is 1. The number of rotatable bonds is 7. The first kappa shape index (κ1) is 22.4. The van der Waals surface area contributed by atoms with E-state index in [1.165, 1.54) is 16.4 Å². The van der Waals surface area contributed by atoms with E-state index < -0.39 is 30.7 Å². The van der Waals surface area contributed by atoms with Crippen LogP contribution in [0.1, 0.15) is 19.3 Å². The maximum atomic E-state index is 12.6. The van der Waals surface area contributed by atoms with Gasteiger partial charge in [0.1, 0.15) is 15.7 Å². The van der Waals surface area contributed by atoms with E-state index in [0.29, 0.717) is 13.1 Å². The molecule has 3 rings (SSSR count). The first-order chi connectivity index (χ1) is 14.1. The molecule has 0 unspecified atom stereocenters. The smallest absolute Gasteiger partial charge is 0.289 e. The van der Waals surface area contributed by atoms with Gasteiger partial charge in [0.05, 0.1) is 9.82 Å². The van der Waals surface area contributed by atoms with Crippen LogP contribution in [-0.2, 0) is 20.0 Å². The predicted molar refractivity (Wildman–Crippen MR) is 109 cm³/mol. The molecule has 1 aliphatic heterocycles. The second kappa shape index (κ2) is 8.81. The minimum absolute atomic E-state index is 0.00568. The normalized spacial score (nSPS) is 15.6. The minimum atomic E-state index is -4.18. The lowest BCUT2D eigenvalue weighted by molar-refractivity contribution is -0.384. The standard InChI is InChI=1S/C16H18ClN5O6S2/c17-14-6-4-12(10-15(14)22(23)24)29(25,26)20-19-16-7-5-13(11-18-16)30(27,28)21-8-2-1-3-9-21/h4-7,10-11,20H,1-3,8-9H2,(H,18,19). The summed E-state index contributed by atoms with van der Waals surface area (Å²) in [6.45, 7) is 0.907. The zero-order valence-electron chi connectivity index (χ0n) is 15.5. The summed E-state index contributed by atoms with van der Waals surface area (Å²) in [4.78, 5) is 15.7. The molecule has 1 saturated heterocycles. The Hall–Kier alpha value is -2.32. The Morgan fingerprint density at radius 3 is 2.30 bits per heavy atom. The van der Waals surface area contributed by atoms with Gasteiger partial charge in [0.2, 0.25) is 10.0 Å². The van der Waals surface area contributed by atoms with Gasteiger partial charge in [-0.3, -0.25) is 15.5 Å². The summed E-state index contributed by atoms with van der Waals surface area (Å²) >= 11 is 5.69. The average Bonchev–Trinajstić information content (AvgIpc) is 2.73. The van der Waals surface area contributed by atoms with Crippen LogP contribution in [-0.4, -0.2) is 44.1 Å². The summed E-state index contributed by atoms with van der Waals surface area (Å²) in [5, 5.41) is 10.7. The van der Waals surface area contributed by atoms with Gasteiger partial charge in [0.25, 0.3) is 15.7 Å². The lowest BCUT2D eigenvalue weighted by Crippen LogP contribution is -2.35. The molecular weight excluding hydrogens is 458 g/mol. The predicted octanol–water partition coefficient (Wildman–Crippen LogP) is 2.12. The van der Waals surface area contributed by atoms with Crippen molar-refractivity contribution in [3.05, 3.63) is 51.7 Å². The fourth-order valence-corrected chi connectivity index (χ4v) is 5.36. The zero-order chi connectivity index (χ0) is 21.9. The van der Waals surface area contributed by atoms with E-state index in [-0.39, 0.29) is 20.6 Å². The molecule has 0 amide bonds. The van der Waals surface area contributed by atoms with Crippen molar-refractivity contribution in [1.82, 2.24) is 14.1 Å². The minimum Gasteiger partial charge on any atom is -0.292 e. The number of pyridine rings is 1. The third kappa shape index (κ3) is 4.87. The van der Waals surface area contributed by atoms with Crippen molar-refractivity contribution < 1.29 is 21.8 Å². The van der Waals surface area contributed by atoms with E-state index in [2.05, 4.69) is 10.4 Å². The van der Waals surface area contributed by atoms with Gasteiger partial charge in [-0.05, 0) is 37.1 Å². The zero-order valence-corrected chi connectivity index (χ0v) is 17.9. The summed E-state index contributed by atoms with van der Waals surface area (Å²) in [7, 11) is -7.83. The van der Waals surface area contributed by atoms with Gasteiger partial charge < -0.3 is 0 Å². The number of halogens is 1. The molecule has 0 atom stereocenters. The van der Waals surface area contributed by atoms with Crippen molar-refractivity contribution in [1.29, 1.82) is 0 Å². The molecule has 1 fully saturated rings. The van der Waals surface area contributed by atoms with Gasteiger partial charge in [-0.2, -0.15) is 4.31 Å². The Morgan fingerprint density at radius 2 is 1.70 bits per heavy atom. The number of aromatic nitrogens is 1. The van der Waals surface area contributed by atoms with Crippen LogP contribution < -0.4 is 10.3 Å². The number of anilines is 1. The van der Waals surface area contributed by atoms with Gasteiger partial charge in [0.15, 0.2) is 0 Å². The van der Waals surface area contributed by atoms with Crippen molar-refractivity contribution in [2.24, 2.45) is 0 Å². The van der Waals surface area contributed by atoms with Crippen molar-refractivity contribution in [2.45, 2.75) is 29.1 Å². The molecule has 0 aliphatic carbocycles. The molecule has 14 heteroatoms. The number of hydrogen-bond donors (Lipinski definition) is 2. The largest absolute Gasteiger partial charge is 0.292 e. The Balaban J connectivity index is 1.72. The number of piperidine rings is 1. The second-order valence-corrected chi connectivity index (χ2v) is 10.5. The Labute approximate surface area is 178 Å². The summed E-state index contributed by atoms with van der Waals surface area (Å²) in [6, 6.07) is 5.67. The quantitative estimate of drug-likeness (QED) is 0.456. The monoisotopic (exact) mass is 475 g/mol. The maximum absolute atomic E-state index is 12.6. The summed E-state index contributed by atoms with van der Waals surface area (Å²) in [5.41, 5.74) is 1.79. The highest BCUT2D eigenvalue weighted by Gasteiger charge is 2.26. The van der Waals surface area contributed by atoms with Crippen molar-refractivity contribution in [3.8, 4) is 0 Å². The van der Waals surface area contributed by atoms with Crippen LogP contribution in [0.3, 0.4) is 0 Å². The highest BCUT2D eigenvalue weighted by Crippen LogP contribution is 2.27. The van der Waals surface area contributed by atoms with Crippen molar-refractivity contribution in [3.63, 3.8) is 0 Å².